The monoisotopic (exact) mass is 243 g/mol. The fraction of sp³-hybridized carbons (Fsp3) is 0.231. The largest absolute Gasteiger partial charge is 0.478 e. The van der Waals surface area contributed by atoms with Crippen LogP contribution in [0.1, 0.15) is 28.5 Å². The minimum Gasteiger partial charge on any atom is -0.478 e. The Bertz CT molecular complexity index is 597. The van der Waals surface area contributed by atoms with Crippen molar-refractivity contribution in [2.45, 2.75) is 20.3 Å². The molecule has 0 fully saturated rings. The van der Waals surface area contributed by atoms with Crippen LogP contribution in [0, 0.1) is 6.92 Å². The summed E-state index contributed by atoms with van der Waals surface area (Å²) in [5, 5.41) is 8.93. The van der Waals surface area contributed by atoms with Crippen molar-refractivity contribution in [2.24, 2.45) is 0 Å². The molecule has 0 aliphatic heterocycles. The number of hydrogen-bond acceptors (Lipinski definition) is 4. The number of pyridine rings is 1. The Labute approximate surface area is 105 Å². The van der Waals surface area contributed by atoms with E-state index < -0.39 is 5.97 Å². The molecule has 92 valence electrons. The molecule has 2 rings (SSSR count). The first kappa shape index (κ1) is 12.2. The molecule has 5 nitrogen and oxygen atoms in total. The maximum atomic E-state index is 10.9. The van der Waals surface area contributed by atoms with Crippen LogP contribution >= 0.6 is 0 Å². The highest BCUT2D eigenvalue weighted by Crippen LogP contribution is 2.18. The van der Waals surface area contributed by atoms with Gasteiger partial charge in [-0.3, -0.25) is 4.98 Å². The number of carbonyl (C=O) groups is 1. The van der Waals surface area contributed by atoms with Crippen LogP contribution in [0.4, 0.5) is 0 Å². The second kappa shape index (κ2) is 4.91. The highest BCUT2D eigenvalue weighted by Gasteiger charge is 2.13. The number of rotatable bonds is 3. The molecule has 0 spiro atoms. The Balaban J connectivity index is 2.52. The molecule has 2 aromatic rings. The van der Waals surface area contributed by atoms with Crippen LogP contribution < -0.4 is 0 Å². The van der Waals surface area contributed by atoms with Gasteiger partial charge in [0.1, 0.15) is 5.69 Å². The maximum absolute atomic E-state index is 10.9. The van der Waals surface area contributed by atoms with Crippen LogP contribution in [-0.2, 0) is 6.42 Å². The Kier molecular flexibility index (Phi) is 3.32. The summed E-state index contributed by atoms with van der Waals surface area (Å²) in [6.45, 7) is 3.68. The fourth-order valence-corrected chi connectivity index (χ4v) is 1.72. The third-order valence-corrected chi connectivity index (χ3v) is 2.69. The molecule has 2 aromatic heterocycles. The lowest BCUT2D eigenvalue weighted by atomic mass is 10.1. The highest BCUT2D eigenvalue weighted by molar-refractivity contribution is 5.88. The van der Waals surface area contributed by atoms with Gasteiger partial charge in [-0.1, -0.05) is 13.0 Å². The molecule has 5 heteroatoms. The van der Waals surface area contributed by atoms with Crippen LogP contribution in [0.25, 0.3) is 11.5 Å². The molecular formula is C13H13N3O2. The lowest BCUT2D eigenvalue weighted by molar-refractivity contribution is 0.0695. The van der Waals surface area contributed by atoms with E-state index in [9.17, 15) is 4.79 Å². The van der Waals surface area contributed by atoms with Gasteiger partial charge in [-0.25, -0.2) is 14.8 Å². The van der Waals surface area contributed by atoms with Gasteiger partial charge < -0.3 is 5.11 Å². The summed E-state index contributed by atoms with van der Waals surface area (Å²) in [7, 11) is 0. The predicted molar refractivity (Wildman–Crippen MR) is 66.3 cm³/mol. The number of aryl methyl sites for hydroxylation is 2. The van der Waals surface area contributed by atoms with Crippen molar-refractivity contribution in [1.82, 2.24) is 15.0 Å². The van der Waals surface area contributed by atoms with E-state index in [1.165, 1.54) is 6.20 Å². The molecule has 0 aromatic carbocycles. The highest BCUT2D eigenvalue weighted by atomic mass is 16.4. The van der Waals surface area contributed by atoms with Crippen LogP contribution in [0.3, 0.4) is 0 Å². The quantitative estimate of drug-likeness (QED) is 0.893. The van der Waals surface area contributed by atoms with Crippen LogP contribution in [0.5, 0.6) is 0 Å². The summed E-state index contributed by atoms with van der Waals surface area (Å²) in [6, 6.07) is 3.83. The number of carboxylic acids is 1. The molecule has 0 unspecified atom stereocenters. The Morgan fingerprint density at radius 3 is 2.78 bits per heavy atom. The summed E-state index contributed by atoms with van der Waals surface area (Å²) in [5.74, 6) is -0.550. The van der Waals surface area contributed by atoms with E-state index in [4.69, 9.17) is 5.11 Å². The van der Waals surface area contributed by atoms with Crippen molar-refractivity contribution < 1.29 is 9.90 Å². The molecular weight excluding hydrogens is 230 g/mol. The first-order valence-electron chi connectivity index (χ1n) is 5.64. The lowest BCUT2D eigenvalue weighted by Crippen LogP contribution is -2.05. The third-order valence-electron chi connectivity index (χ3n) is 2.69. The molecule has 0 aliphatic carbocycles. The van der Waals surface area contributed by atoms with Gasteiger partial charge in [-0.05, 0) is 25.0 Å². The average molecular weight is 243 g/mol. The topological polar surface area (TPSA) is 76.0 Å². The molecule has 0 atom stereocenters. The zero-order valence-corrected chi connectivity index (χ0v) is 10.2. The smallest absolute Gasteiger partial charge is 0.339 e. The summed E-state index contributed by atoms with van der Waals surface area (Å²) in [6.07, 6.45) is 3.83. The molecule has 1 N–H and O–H groups in total. The first-order valence-corrected chi connectivity index (χ1v) is 5.64. The van der Waals surface area contributed by atoms with Crippen molar-refractivity contribution in [3.8, 4) is 11.5 Å². The third kappa shape index (κ3) is 2.20. The van der Waals surface area contributed by atoms with Gasteiger partial charge in [0.15, 0.2) is 5.82 Å². The van der Waals surface area contributed by atoms with Gasteiger partial charge in [-0.2, -0.15) is 0 Å². The molecule has 0 saturated heterocycles. The molecule has 0 aliphatic rings. The SMILES string of the molecule is CCc1cccnc1-c1ncc(C(=O)O)c(C)n1. The van der Waals surface area contributed by atoms with E-state index in [0.29, 0.717) is 17.2 Å². The Hall–Kier alpha value is -2.30. The van der Waals surface area contributed by atoms with Gasteiger partial charge in [0.2, 0.25) is 0 Å². The fourth-order valence-electron chi connectivity index (χ4n) is 1.72. The molecule has 0 saturated carbocycles. The zero-order valence-electron chi connectivity index (χ0n) is 10.2. The normalized spacial score (nSPS) is 10.3. The van der Waals surface area contributed by atoms with Crippen LogP contribution in [0.2, 0.25) is 0 Å². The van der Waals surface area contributed by atoms with E-state index in [1.54, 1.807) is 13.1 Å². The predicted octanol–water partition coefficient (Wildman–Crippen LogP) is 2.11. The van der Waals surface area contributed by atoms with Crippen LogP contribution in [-0.4, -0.2) is 26.0 Å². The van der Waals surface area contributed by atoms with E-state index in [-0.39, 0.29) is 5.56 Å². The summed E-state index contributed by atoms with van der Waals surface area (Å²) < 4.78 is 0. The van der Waals surface area contributed by atoms with Crippen LogP contribution in [0.15, 0.2) is 24.5 Å². The zero-order chi connectivity index (χ0) is 13.1. The minimum absolute atomic E-state index is 0.118. The Morgan fingerprint density at radius 2 is 2.17 bits per heavy atom. The number of aromatic carboxylic acids is 1. The van der Waals surface area contributed by atoms with Crippen molar-refractivity contribution in [2.75, 3.05) is 0 Å². The lowest BCUT2D eigenvalue weighted by Gasteiger charge is -2.06. The molecule has 0 bridgehead atoms. The van der Waals surface area contributed by atoms with E-state index in [0.717, 1.165) is 12.0 Å². The first-order chi connectivity index (χ1) is 8.63. The molecule has 0 amide bonds. The summed E-state index contributed by atoms with van der Waals surface area (Å²) in [4.78, 5) is 23.5. The van der Waals surface area contributed by atoms with E-state index in [1.807, 2.05) is 19.1 Å². The van der Waals surface area contributed by atoms with Gasteiger partial charge in [-0.15, -0.1) is 0 Å². The summed E-state index contributed by atoms with van der Waals surface area (Å²) >= 11 is 0. The number of nitrogens with zero attached hydrogens (tertiary/aromatic N) is 3. The number of hydrogen-bond donors (Lipinski definition) is 1. The molecule has 2 heterocycles. The van der Waals surface area contributed by atoms with Crippen molar-refractivity contribution in [3.05, 3.63) is 41.3 Å². The van der Waals surface area contributed by atoms with Gasteiger partial charge in [0.05, 0.1) is 11.3 Å². The van der Waals surface area contributed by atoms with Crippen molar-refractivity contribution in [1.29, 1.82) is 0 Å². The number of carboxylic acid groups (broad SMARTS) is 1. The molecule has 18 heavy (non-hydrogen) atoms. The second-order valence-corrected chi connectivity index (χ2v) is 3.86. The van der Waals surface area contributed by atoms with E-state index >= 15 is 0 Å². The second-order valence-electron chi connectivity index (χ2n) is 3.86. The standard InChI is InChI=1S/C13H13N3O2/c1-3-9-5-4-6-14-11(9)12-15-7-10(13(17)18)8(2)16-12/h4-7H,3H2,1-2H3,(H,17,18). The van der Waals surface area contributed by atoms with Crippen molar-refractivity contribution in [3.63, 3.8) is 0 Å². The van der Waals surface area contributed by atoms with E-state index in [2.05, 4.69) is 15.0 Å². The van der Waals surface area contributed by atoms with Gasteiger partial charge >= 0.3 is 5.97 Å². The average Bonchev–Trinajstić information content (AvgIpc) is 2.38. The maximum Gasteiger partial charge on any atom is 0.339 e. The van der Waals surface area contributed by atoms with Gasteiger partial charge in [0.25, 0.3) is 0 Å². The van der Waals surface area contributed by atoms with Gasteiger partial charge in [0, 0.05) is 12.4 Å². The summed E-state index contributed by atoms with van der Waals surface area (Å²) in [5.41, 5.74) is 2.31. The van der Waals surface area contributed by atoms with Crippen molar-refractivity contribution >= 4 is 5.97 Å². The number of aromatic nitrogens is 3. The molecule has 0 radical (unpaired) electrons. The Morgan fingerprint density at radius 1 is 1.39 bits per heavy atom. The minimum atomic E-state index is -1.02.